The van der Waals surface area contributed by atoms with Gasteiger partial charge in [-0.1, -0.05) is 29.3 Å². The van der Waals surface area contributed by atoms with Crippen LogP contribution in [0.5, 0.6) is 0 Å². The van der Waals surface area contributed by atoms with Crippen LogP contribution in [0.1, 0.15) is 0 Å². The van der Waals surface area contributed by atoms with E-state index in [4.69, 9.17) is 23.2 Å². The molecule has 0 amide bonds. The molecule has 0 fully saturated rings. The first-order valence-electron chi connectivity index (χ1n) is 4.25. The van der Waals surface area contributed by atoms with Gasteiger partial charge in [0.2, 0.25) is 0 Å². The van der Waals surface area contributed by atoms with E-state index in [1.807, 2.05) is 0 Å². The van der Waals surface area contributed by atoms with Crippen molar-refractivity contribution in [2.75, 3.05) is 0 Å². The summed E-state index contributed by atoms with van der Waals surface area (Å²) in [6, 6.07) is 9.37. The number of benzene rings is 1. The van der Waals surface area contributed by atoms with Gasteiger partial charge in [0, 0.05) is 5.56 Å². The fourth-order valence-corrected chi connectivity index (χ4v) is 1.68. The highest BCUT2D eigenvalue weighted by molar-refractivity contribution is 6.33. The molecular formula is C11H6Cl2FN. The van der Waals surface area contributed by atoms with Gasteiger partial charge in [0.25, 0.3) is 0 Å². The van der Waals surface area contributed by atoms with Crippen molar-refractivity contribution in [3.63, 3.8) is 0 Å². The lowest BCUT2D eigenvalue weighted by atomic mass is 10.1. The Bertz CT molecular complexity index is 500. The number of aromatic nitrogens is 1. The minimum atomic E-state index is -0.370. The Balaban J connectivity index is 2.54. The Kier molecular flexibility index (Phi) is 2.89. The van der Waals surface area contributed by atoms with Crippen LogP contribution in [0.25, 0.3) is 11.3 Å². The van der Waals surface area contributed by atoms with Gasteiger partial charge in [-0.3, -0.25) is 0 Å². The highest BCUT2D eigenvalue weighted by Crippen LogP contribution is 2.27. The number of pyridine rings is 1. The third-order valence-corrected chi connectivity index (χ3v) is 2.45. The quantitative estimate of drug-likeness (QED) is 0.683. The van der Waals surface area contributed by atoms with E-state index in [9.17, 15) is 4.39 Å². The number of nitrogens with zero attached hydrogens (tertiary/aromatic N) is 1. The lowest BCUT2D eigenvalue weighted by Gasteiger charge is -2.03. The minimum Gasteiger partial charge on any atom is -0.236 e. The molecule has 1 heterocycles. The molecule has 1 aromatic heterocycles. The van der Waals surface area contributed by atoms with E-state index < -0.39 is 0 Å². The van der Waals surface area contributed by atoms with Crippen LogP contribution < -0.4 is 0 Å². The standard InChI is InChI=1S/C11H6Cl2FN/c12-9-6-7(14)4-5-8(9)10-2-1-3-11(13)15-10/h1-6H. The van der Waals surface area contributed by atoms with Crippen LogP contribution in [0.15, 0.2) is 36.4 Å². The van der Waals surface area contributed by atoms with Crippen LogP contribution in [0.4, 0.5) is 4.39 Å². The minimum absolute atomic E-state index is 0.324. The maximum atomic E-state index is 12.8. The normalized spacial score (nSPS) is 10.3. The number of hydrogen-bond donors (Lipinski definition) is 0. The molecule has 0 saturated carbocycles. The van der Waals surface area contributed by atoms with Crippen molar-refractivity contribution in [1.29, 1.82) is 0 Å². The van der Waals surface area contributed by atoms with E-state index >= 15 is 0 Å². The van der Waals surface area contributed by atoms with E-state index in [0.29, 0.717) is 21.4 Å². The molecule has 2 rings (SSSR count). The predicted molar refractivity (Wildman–Crippen MR) is 59.7 cm³/mol. The largest absolute Gasteiger partial charge is 0.236 e. The zero-order valence-electron chi connectivity index (χ0n) is 7.55. The van der Waals surface area contributed by atoms with Crippen LogP contribution in [0.3, 0.4) is 0 Å². The molecule has 0 aliphatic heterocycles. The second kappa shape index (κ2) is 4.17. The van der Waals surface area contributed by atoms with Crippen molar-refractivity contribution in [2.24, 2.45) is 0 Å². The summed E-state index contributed by atoms with van der Waals surface area (Å²) in [6.07, 6.45) is 0. The first-order chi connectivity index (χ1) is 7.16. The second-order valence-electron chi connectivity index (χ2n) is 2.97. The SMILES string of the molecule is Fc1ccc(-c2cccc(Cl)n2)c(Cl)c1. The molecule has 0 spiro atoms. The Labute approximate surface area is 96.5 Å². The van der Waals surface area contributed by atoms with Gasteiger partial charge in [0.05, 0.1) is 10.7 Å². The summed E-state index contributed by atoms with van der Waals surface area (Å²) in [5, 5.41) is 0.706. The third kappa shape index (κ3) is 2.28. The molecule has 0 saturated heterocycles. The van der Waals surface area contributed by atoms with Gasteiger partial charge in [-0.15, -0.1) is 0 Å². The third-order valence-electron chi connectivity index (χ3n) is 1.92. The second-order valence-corrected chi connectivity index (χ2v) is 3.76. The number of halogens is 3. The zero-order chi connectivity index (χ0) is 10.8. The van der Waals surface area contributed by atoms with Crippen LogP contribution in [-0.4, -0.2) is 4.98 Å². The first kappa shape index (κ1) is 10.4. The van der Waals surface area contributed by atoms with Crippen LogP contribution in [0, 0.1) is 5.82 Å². The summed E-state index contributed by atoms with van der Waals surface area (Å²) in [5.41, 5.74) is 1.30. The van der Waals surface area contributed by atoms with Gasteiger partial charge in [0.15, 0.2) is 0 Å². The maximum absolute atomic E-state index is 12.8. The van der Waals surface area contributed by atoms with Gasteiger partial charge in [0.1, 0.15) is 11.0 Å². The van der Waals surface area contributed by atoms with Crippen LogP contribution in [0.2, 0.25) is 10.2 Å². The molecule has 4 heteroatoms. The summed E-state index contributed by atoms with van der Waals surface area (Å²) in [6.45, 7) is 0. The molecule has 0 radical (unpaired) electrons. The molecule has 0 bridgehead atoms. The van der Waals surface area contributed by atoms with Crippen LogP contribution in [-0.2, 0) is 0 Å². The predicted octanol–water partition coefficient (Wildman–Crippen LogP) is 4.19. The monoisotopic (exact) mass is 241 g/mol. The fourth-order valence-electron chi connectivity index (χ4n) is 1.26. The van der Waals surface area contributed by atoms with Gasteiger partial charge < -0.3 is 0 Å². The van der Waals surface area contributed by atoms with E-state index in [0.717, 1.165) is 0 Å². The molecule has 0 aliphatic rings. The highest BCUT2D eigenvalue weighted by Gasteiger charge is 2.06. The molecule has 1 nitrogen and oxygen atoms in total. The smallest absolute Gasteiger partial charge is 0.129 e. The average Bonchev–Trinajstić information content (AvgIpc) is 2.17. The van der Waals surface area contributed by atoms with Gasteiger partial charge in [-0.05, 0) is 30.3 Å². The number of hydrogen-bond acceptors (Lipinski definition) is 1. The Morgan fingerprint density at radius 1 is 1.07 bits per heavy atom. The van der Waals surface area contributed by atoms with Crippen molar-refractivity contribution in [1.82, 2.24) is 4.98 Å². The Hall–Kier alpha value is -1.12. The molecule has 0 aliphatic carbocycles. The maximum Gasteiger partial charge on any atom is 0.129 e. The van der Waals surface area contributed by atoms with Gasteiger partial charge >= 0.3 is 0 Å². The van der Waals surface area contributed by atoms with Gasteiger partial charge in [-0.2, -0.15) is 0 Å². The first-order valence-corrected chi connectivity index (χ1v) is 5.00. The highest BCUT2D eigenvalue weighted by atomic mass is 35.5. The topological polar surface area (TPSA) is 12.9 Å². The summed E-state index contributed by atoms with van der Waals surface area (Å²) < 4.78 is 12.8. The van der Waals surface area contributed by atoms with Crippen molar-refractivity contribution < 1.29 is 4.39 Å². The fraction of sp³-hybridized carbons (Fsp3) is 0. The van der Waals surface area contributed by atoms with Crippen LogP contribution >= 0.6 is 23.2 Å². The van der Waals surface area contributed by atoms with E-state index in [1.54, 1.807) is 24.3 Å². The Morgan fingerprint density at radius 2 is 1.87 bits per heavy atom. The molecule has 1 aromatic carbocycles. The average molecular weight is 242 g/mol. The summed E-state index contributed by atoms with van der Waals surface area (Å²) >= 11 is 11.6. The summed E-state index contributed by atoms with van der Waals surface area (Å²) in [7, 11) is 0. The molecule has 0 unspecified atom stereocenters. The van der Waals surface area contributed by atoms with E-state index in [1.165, 1.54) is 12.1 Å². The van der Waals surface area contributed by atoms with Gasteiger partial charge in [-0.25, -0.2) is 9.37 Å². The van der Waals surface area contributed by atoms with E-state index in [-0.39, 0.29) is 5.82 Å². The molecule has 0 atom stereocenters. The van der Waals surface area contributed by atoms with Crippen molar-refractivity contribution in [3.05, 3.63) is 52.4 Å². The van der Waals surface area contributed by atoms with Crippen molar-refractivity contribution >= 4 is 23.2 Å². The van der Waals surface area contributed by atoms with Crippen molar-refractivity contribution in [2.45, 2.75) is 0 Å². The lowest BCUT2D eigenvalue weighted by molar-refractivity contribution is 0.628. The zero-order valence-corrected chi connectivity index (χ0v) is 9.06. The van der Waals surface area contributed by atoms with Crippen molar-refractivity contribution in [3.8, 4) is 11.3 Å². The van der Waals surface area contributed by atoms with E-state index in [2.05, 4.69) is 4.98 Å². The summed E-state index contributed by atoms with van der Waals surface area (Å²) in [4.78, 5) is 4.09. The summed E-state index contributed by atoms with van der Waals surface area (Å²) in [5.74, 6) is -0.370. The Morgan fingerprint density at radius 3 is 2.53 bits per heavy atom. The lowest BCUT2D eigenvalue weighted by Crippen LogP contribution is -1.85. The molecule has 15 heavy (non-hydrogen) atoms. The molecular weight excluding hydrogens is 236 g/mol. The number of rotatable bonds is 1. The molecule has 76 valence electrons. The molecule has 2 aromatic rings. The molecule has 0 N–H and O–H groups in total.